The van der Waals surface area contributed by atoms with Crippen LogP contribution in [0.4, 0.5) is 0 Å². The monoisotopic (exact) mass is 583 g/mol. The minimum atomic E-state index is -0.868. The van der Waals surface area contributed by atoms with E-state index in [4.69, 9.17) is 19.0 Å². The van der Waals surface area contributed by atoms with E-state index in [1.165, 1.54) is 27.1 Å². The molecule has 0 spiro atoms. The maximum Gasteiger partial charge on any atom is 0.328 e. The molecule has 2 aromatic rings. The molecule has 2 aliphatic heterocycles. The van der Waals surface area contributed by atoms with E-state index < -0.39 is 17.9 Å². The third kappa shape index (κ3) is 7.95. The van der Waals surface area contributed by atoms with E-state index >= 15 is 0 Å². The summed E-state index contributed by atoms with van der Waals surface area (Å²) in [4.78, 5) is 33.3. The molecule has 2 saturated heterocycles. The van der Waals surface area contributed by atoms with Gasteiger partial charge in [0.15, 0.2) is 0 Å². The van der Waals surface area contributed by atoms with Gasteiger partial charge in [0.25, 0.3) is 5.91 Å². The van der Waals surface area contributed by atoms with Crippen LogP contribution in [-0.2, 0) is 32.1 Å². The Kier molecular flexibility index (Phi) is 11.3. The van der Waals surface area contributed by atoms with Crippen molar-refractivity contribution in [2.75, 3.05) is 53.0 Å². The number of carbonyl (C=O) groups is 2. The fourth-order valence-electron chi connectivity index (χ4n) is 5.52. The number of nitrogens with zero attached hydrogens (tertiary/aromatic N) is 2. The summed E-state index contributed by atoms with van der Waals surface area (Å²) in [5.74, 6) is 2.50. The molecule has 1 atom stereocenters. The van der Waals surface area contributed by atoms with E-state index in [1.54, 1.807) is 14.2 Å². The Balaban J connectivity index is 1.51. The predicted octanol–water partition coefficient (Wildman–Crippen LogP) is 4.31. The van der Waals surface area contributed by atoms with Gasteiger partial charge in [-0.25, -0.2) is 4.79 Å². The molecule has 2 fully saturated rings. The van der Waals surface area contributed by atoms with E-state index in [0.29, 0.717) is 5.71 Å². The SMILES string of the molecule is CON=C(C(=O)N[C@@H](Cc1ccc(-c2c(OC)cc(CN3CCCC3)cc2OC)cc1)C(=O)OC)C1CCSCC1. The van der Waals surface area contributed by atoms with Gasteiger partial charge in [-0.05, 0) is 79.1 Å². The van der Waals surface area contributed by atoms with Gasteiger partial charge >= 0.3 is 5.97 Å². The van der Waals surface area contributed by atoms with E-state index in [1.807, 2.05) is 36.0 Å². The molecule has 222 valence electrons. The maximum absolute atomic E-state index is 13.2. The first-order valence-electron chi connectivity index (χ1n) is 14.1. The number of amides is 1. The molecular weight excluding hydrogens is 542 g/mol. The summed E-state index contributed by atoms with van der Waals surface area (Å²) in [5.41, 5.74) is 4.15. The van der Waals surface area contributed by atoms with Gasteiger partial charge in [0.05, 0.1) is 26.9 Å². The number of hydrogen-bond acceptors (Lipinski definition) is 9. The molecule has 0 aromatic heterocycles. The number of esters is 1. The Hall–Kier alpha value is -3.24. The number of thioether (sulfide) groups is 1. The van der Waals surface area contributed by atoms with E-state index in [9.17, 15) is 9.59 Å². The quantitative estimate of drug-likeness (QED) is 0.224. The van der Waals surface area contributed by atoms with Crippen molar-refractivity contribution in [2.24, 2.45) is 11.1 Å². The first-order valence-corrected chi connectivity index (χ1v) is 15.3. The van der Waals surface area contributed by atoms with E-state index in [2.05, 4.69) is 27.5 Å². The molecule has 0 saturated carbocycles. The van der Waals surface area contributed by atoms with Gasteiger partial charge < -0.3 is 24.4 Å². The van der Waals surface area contributed by atoms with Crippen LogP contribution in [0.15, 0.2) is 41.6 Å². The van der Waals surface area contributed by atoms with E-state index in [-0.39, 0.29) is 12.3 Å². The third-order valence-electron chi connectivity index (χ3n) is 7.67. The van der Waals surface area contributed by atoms with Crippen LogP contribution in [0.5, 0.6) is 11.5 Å². The van der Waals surface area contributed by atoms with Crippen molar-refractivity contribution in [1.29, 1.82) is 0 Å². The molecule has 4 rings (SSSR count). The summed E-state index contributed by atoms with van der Waals surface area (Å²) in [6.07, 6.45) is 4.43. The normalized spacial score (nSPS) is 17.1. The van der Waals surface area contributed by atoms with Crippen molar-refractivity contribution >= 4 is 29.4 Å². The summed E-state index contributed by atoms with van der Waals surface area (Å²) in [6.45, 7) is 3.09. The maximum atomic E-state index is 13.2. The van der Waals surface area contributed by atoms with Crippen molar-refractivity contribution in [1.82, 2.24) is 10.2 Å². The average Bonchev–Trinajstić information content (AvgIpc) is 3.52. The molecule has 0 aliphatic carbocycles. The number of benzene rings is 2. The number of nitrogens with one attached hydrogen (secondary N) is 1. The minimum Gasteiger partial charge on any atom is -0.496 e. The van der Waals surface area contributed by atoms with Gasteiger partial charge in [0, 0.05) is 18.9 Å². The largest absolute Gasteiger partial charge is 0.496 e. The summed E-state index contributed by atoms with van der Waals surface area (Å²) in [6, 6.07) is 11.1. The van der Waals surface area contributed by atoms with Crippen LogP contribution in [-0.4, -0.2) is 81.6 Å². The molecule has 1 amide bonds. The molecule has 0 radical (unpaired) electrons. The number of hydrogen-bond donors (Lipinski definition) is 1. The first kappa shape index (κ1) is 30.7. The molecule has 2 aliphatic rings. The zero-order chi connectivity index (χ0) is 29.2. The standard InChI is InChI=1S/C31H41N3O6S/c1-37-26-18-22(20-34-13-5-6-14-34)19-27(38-2)28(26)23-9-7-21(8-10-23)17-25(31(36)39-3)32-30(35)29(33-40-4)24-11-15-41-16-12-24/h7-10,18-19,24-25H,5-6,11-17,20H2,1-4H3,(H,32,35)/t25-/m0/s1. The smallest absolute Gasteiger partial charge is 0.328 e. The van der Waals surface area contributed by atoms with Gasteiger partial charge in [-0.15, -0.1) is 0 Å². The number of oxime groups is 1. The van der Waals surface area contributed by atoms with Crippen LogP contribution in [0.2, 0.25) is 0 Å². The zero-order valence-electron chi connectivity index (χ0n) is 24.4. The van der Waals surface area contributed by atoms with Crippen molar-refractivity contribution < 1.29 is 28.6 Å². The van der Waals surface area contributed by atoms with Gasteiger partial charge in [0.2, 0.25) is 0 Å². The highest BCUT2D eigenvalue weighted by atomic mass is 32.2. The highest BCUT2D eigenvalue weighted by Crippen LogP contribution is 2.40. The highest BCUT2D eigenvalue weighted by Gasteiger charge is 2.30. The van der Waals surface area contributed by atoms with Gasteiger partial charge in [-0.2, -0.15) is 11.8 Å². The second-order valence-electron chi connectivity index (χ2n) is 10.4. The Morgan fingerprint density at radius 1 is 0.976 bits per heavy atom. The average molecular weight is 584 g/mol. The van der Waals surface area contributed by atoms with Crippen molar-refractivity contribution in [3.63, 3.8) is 0 Å². The van der Waals surface area contributed by atoms with Crippen LogP contribution in [0.25, 0.3) is 11.1 Å². The molecular formula is C31H41N3O6S. The van der Waals surface area contributed by atoms with Crippen molar-refractivity contribution in [3.8, 4) is 22.6 Å². The second-order valence-corrected chi connectivity index (χ2v) is 11.6. The molecule has 41 heavy (non-hydrogen) atoms. The number of rotatable bonds is 12. The van der Waals surface area contributed by atoms with Gasteiger partial charge in [-0.3, -0.25) is 9.69 Å². The van der Waals surface area contributed by atoms with Gasteiger partial charge in [0.1, 0.15) is 30.4 Å². The molecule has 2 aromatic carbocycles. The third-order valence-corrected chi connectivity index (χ3v) is 8.72. The van der Waals surface area contributed by atoms with Crippen LogP contribution < -0.4 is 14.8 Å². The Morgan fingerprint density at radius 2 is 1.61 bits per heavy atom. The van der Waals surface area contributed by atoms with Crippen molar-refractivity contribution in [3.05, 3.63) is 47.5 Å². The lowest BCUT2D eigenvalue weighted by molar-refractivity contribution is -0.144. The highest BCUT2D eigenvalue weighted by molar-refractivity contribution is 7.99. The Labute approximate surface area is 246 Å². The lowest BCUT2D eigenvalue weighted by Crippen LogP contribution is -2.47. The molecule has 0 unspecified atom stereocenters. The number of likely N-dealkylation sites (tertiary alicyclic amines) is 1. The number of methoxy groups -OCH3 is 3. The molecule has 10 heteroatoms. The van der Waals surface area contributed by atoms with Crippen LogP contribution in [0, 0.1) is 5.92 Å². The Morgan fingerprint density at radius 3 is 2.17 bits per heavy atom. The fraction of sp³-hybridized carbons (Fsp3) is 0.516. The summed E-state index contributed by atoms with van der Waals surface area (Å²) >= 11 is 1.86. The molecule has 0 bridgehead atoms. The van der Waals surface area contributed by atoms with Crippen molar-refractivity contribution in [2.45, 2.75) is 44.7 Å². The van der Waals surface area contributed by atoms with Crippen LogP contribution in [0.3, 0.4) is 0 Å². The van der Waals surface area contributed by atoms with E-state index in [0.717, 1.165) is 77.7 Å². The summed E-state index contributed by atoms with van der Waals surface area (Å²) < 4.78 is 16.6. The zero-order valence-corrected chi connectivity index (χ0v) is 25.3. The second kappa shape index (κ2) is 15.1. The first-order chi connectivity index (χ1) is 20.0. The molecule has 9 nitrogen and oxygen atoms in total. The van der Waals surface area contributed by atoms with Gasteiger partial charge in [-0.1, -0.05) is 29.4 Å². The molecule has 2 heterocycles. The minimum absolute atomic E-state index is 0.000445. The lowest BCUT2D eigenvalue weighted by Gasteiger charge is -2.23. The van der Waals surface area contributed by atoms with Crippen LogP contribution >= 0.6 is 11.8 Å². The Bertz CT molecular complexity index is 1180. The molecule has 1 N–H and O–H groups in total. The van der Waals surface area contributed by atoms with Crippen LogP contribution in [0.1, 0.15) is 36.8 Å². The number of ether oxygens (including phenoxy) is 3. The topological polar surface area (TPSA) is 98.7 Å². The lowest BCUT2D eigenvalue weighted by atomic mass is 9.95. The summed E-state index contributed by atoms with van der Waals surface area (Å²) in [5, 5.41) is 6.86. The summed E-state index contributed by atoms with van der Waals surface area (Å²) in [7, 11) is 6.08. The predicted molar refractivity (Wildman–Crippen MR) is 162 cm³/mol. The fourth-order valence-corrected chi connectivity index (χ4v) is 6.63. The number of carbonyl (C=O) groups excluding carboxylic acids is 2.